The molecule has 0 amide bonds. The first-order valence-corrected chi connectivity index (χ1v) is 6.31. The fraction of sp³-hybridized carbons (Fsp3) is 0.0833. The van der Waals surface area contributed by atoms with Gasteiger partial charge in [-0.25, -0.2) is 9.97 Å². The second kappa shape index (κ2) is 4.43. The third kappa shape index (κ3) is 2.19. The summed E-state index contributed by atoms with van der Waals surface area (Å²) in [5, 5.41) is 0.695. The zero-order chi connectivity index (χ0) is 13.4. The van der Waals surface area contributed by atoms with Crippen molar-refractivity contribution in [3.63, 3.8) is 0 Å². The Kier molecular flexibility index (Phi) is 2.75. The second-order valence-corrected chi connectivity index (χ2v) is 4.90. The van der Waals surface area contributed by atoms with Crippen molar-refractivity contribution in [2.75, 3.05) is 5.73 Å². The number of nitrogen functional groups attached to an aromatic ring is 1. The number of nitrogens with zero attached hydrogens (tertiary/aromatic N) is 3. The lowest BCUT2D eigenvalue weighted by Crippen LogP contribution is -2.18. The number of aromatic nitrogens is 3. The molecule has 19 heavy (non-hydrogen) atoms. The summed E-state index contributed by atoms with van der Waals surface area (Å²) in [6.45, 7) is 0. The lowest BCUT2D eigenvalue weighted by atomic mass is 10.3. The van der Waals surface area contributed by atoms with Crippen LogP contribution in [0.3, 0.4) is 0 Å². The maximum atomic E-state index is 11.8. The van der Waals surface area contributed by atoms with Crippen molar-refractivity contribution >= 4 is 28.5 Å². The fourth-order valence-corrected chi connectivity index (χ4v) is 2.38. The van der Waals surface area contributed by atoms with Gasteiger partial charge in [0.15, 0.2) is 10.6 Å². The van der Waals surface area contributed by atoms with E-state index in [1.165, 1.54) is 4.57 Å². The largest absolute Gasteiger partial charge is 0.431 e. The highest BCUT2D eigenvalue weighted by Gasteiger charge is 2.11. The first-order chi connectivity index (χ1) is 9.13. The van der Waals surface area contributed by atoms with Gasteiger partial charge in [0.1, 0.15) is 5.52 Å². The topological polar surface area (TPSA) is 86.9 Å². The zero-order valence-corrected chi connectivity index (χ0v) is 10.8. The molecule has 0 saturated heterocycles. The number of benzene rings is 1. The molecule has 0 atom stereocenters. The minimum atomic E-state index is -0.186. The molecule has 6 nitrogen and oxygen atoms in total. The summed E-state index contributed by atoms with van der Waals surface area (Å²) in [7, 11) is 1.67. The average Bonchev–Trinajstić information content (AvgIpc) is 2.76. The van der Waals surface area contributed by atoms with E-state index in [1.807, 2.05) is 0 Å². The van der Waals surface area contributed by atoms with Crippen molar-refractivity contribution in [1.29, 1.82) is 0 Å². The van der Waals surface area contributed by atoms with Crippen LogP contribution in [0.15, 0.2) is 50.1 Å². The molecule has 0 radical (unpaired) electrons. The Bertz CT molecular complexity index is 809. The number of fused-ring (bicyclic) bond motifs is 1. The van der Waals surface area contributed by atoms with Crippen LogP contribution < -0.4 is 11.3 Å². The van der Waals surface area contributed by atoms with Crippen LogP contribution in [-0.4, -0.2) is 14.5 Å². The molecule has 2 N–H and O–H groups in total. The lowest BCUT2D eigenvalue weighted by molar-refractivity contribution is 0.489. The van der Waals surface area contributed by atoms with E-state index < -0.39 is 0 Å². The van der Waals surface area contributed by atoms with Gasteiger partial charge in [0.05, 0.1) is 0 Å². The summed E-state index contributed by atoms with van der Waals surface area (Å²) in [6.07, 6.45) is 3.16. The van der Waals surface area contributed by atoms with Gasteiger partial charge in [-0.3, -0.25) is 4.79 Å². The first-order valence-electron chi connectivity index (χ1n) is 5.49. The molecule has 7 heteroatoms. The summed E-state index contributed by atoms with van der Waals surface area (Å²) >= 11 is 1.10. The number of nitrogens with two attached hydrogens (primary N) is 1. The molecule has 3 rings (SSSR count). The van der Waals surface area contributed by atoms with Gasteiger partial charge in [0, 0.05) is 25.1 Å². The molecule has 0 fully saturated rings. The number of hydrogen-bond donors (Lipinski definition) is 1. The Morgan fingerprint density at radius 3 is 3.11 bits per heavy atom. The van der Waals surface area contributed by atoms with Crippen molar-refractivity contribution in [1.82, 2.24) is 14.5 Å². The Morgan fingerprint density at radius 2 is 2.26 bits per heavy atom. The Morgan fingerprint density at radius 1 is 1.42 bits per heavy atom. The molecule has 0 aliphatic rings. The third-order valence-corrected chi connectivity index (χ3v) is 3.38. The second-order valence-electron chi connectivity index (χ2n) is 3.96. The SMILES string of the molecule is Cn1ccnc(Sc2nc3cc(N)ccc3o2)c1=O. The van der Waals surface area contributed by atoms with Crippen LogP contribution in [0.2, 0.25) is 0 Å². The molecular formula is C12H10N4O2S. The maximum absolute atomic E-state index is 11.8. The van der Waals surface area contributed by atoms with Crippen molar-refractivity contribution in [2.45, 2.75) is 10.2 Å². The maximum Gasteiger partial charge on any atom is 0.283 e. The minimum absolute atomic E-state index is 0.186. The van der Waals surface area contributed by atoms with Gasteiger partial charge >= 0.3 is 0 Å². The van der Waals surface area contributed by atoms with Gasteiger partial charge in [0.25, 0.3) is 10.8 Å². The van der Waals surface area contributed by atoms with Crippen LogP contribution in [0.1, 0.15) is 0 Å². The molecular weight excluding hydrogens is 264 g/mol. The number of oxazole rings is 1. The molecule has 0 aliphatic heterocycles. The lowest BCUT2D eigenvalue weighted by Gasteiger charge is -1.98. The van der Waals surface area contributed by atoms with E-state index in [0.29, 0.717) is 27.0 Å². The van der Waals surface area contributed by atoms with Gasteiger partial charge in [-0.2, -0.15) is 0 Å². The molecule has 2 heterocycles. The average molecular weight is 274 g/mol. The number of anilines is 1. The van der Waals surface area contributed by atoms with Crippen LogP contribution >= 0.6 is 11.8 Å². The van der Waals surface area contributed by atoms with E-state index in [4.69, 9.17) is 10.2 Å². The number of aryl methyl sites for hydroxylation is 1. The summed E-state index contributed by atoms with van der Waals surface area (Å²) < 4.78 is 6.98. The van der Waals surface area contributed by atoms with Gasteiger partial charge in [-0.05, 0) is 30.0 Å². The van der Waals surface area contributed by atoms with Crippen LogP contribution in [0.25, 0.3) is 11.1 Å². The number of rotatable bonds is 2. The van der Waals surface area contributed by atoms with Gasteiger partial charge < -0.3 is 14.7 Å². The van der Waals surface area contributed by atoms with E-state index in [0.717, 1.165) is 11.8 Å². The molecule has 3 aromatic rings. The van der Waals surface area contributed by atoms with Crippen LogP contribution in [0.5, 0.6) is 0 Å². The highest BCUT2D eigenvalue weighted by Crippen LogP contribution is 2.27. The van der Waals surface area contributed by atoms with Crippen molar-refractivity contribution in [3.05, 3.63) is 40.9 Å². The van der Waals surface area contributed by atoms with Crippen LogP contribution in [0.4, 0.5) is 5.69 Å². The quantitative estimate of drug-likeness (QED) is 0.715. The molecule has 96 valence electrons. The van der Waals surface area contributed by atoms with E-state index in [9.17, 15) is 4.79 Å². The fourth-order valence-electron chi connectivity index (χ4n) is 1.59. The smallest absolute Gasteiger partial charge is 0.283 e. The van der Waals surface area contributed by atoms with E-state index in [1.54, 1.807) is 37.6 Å². The van der Waals surface area contributed by atoms with Crippen molar-refractivity contribution < 1.29 is 4.42 Å². The number of hydrogen-bond acceptors (Lipinski definition) is 6. The van der Waals surface area contributed by atoms with Crippen LogP contribution in [0, 0.1) is 0 Å². The van der Waals surface area contributed by atoms with Crippen molar-refractivity contribution in [3.8, 4) is 0 Å². The first kappa shape index (κ1) is 11.8. The van der Waals surface area contributed by atoms with E-state index in [2.05, 4.69) is 9.97 Å². The Labute approximate surface area is 112 Å². The normalized spacial score (nSPS) is 11.0. The summed E-state index contributed by atoms with van der Waals surface area (Å²) in [5.41, 5.74) is 7.40. The van der Waals surface area contributed by atoms with Crippen molar-refractivity contribution in [2.24, 2.45) is 7.05 Å². The van der Waals surface area contributed by atoms with E-state index >= 15 is 0 Å². The Hall–Kier alpha value is -2.28. The minimum Gasteiger partial charge on any atom is -0.431 e. The van der Waals surface area contributed by atoms with Crippen LogP contribution in [-0.2, 0) is 7.05 Å². The van der Waals surface area contributed by atoms with Gasteiger partial charge in [0.2, 0.25) is 0 Å². The predicted octanol–water partition coefficient (Wildman–Crippen LogP) is 1.65. The molecule has 0 spiro atoms. The Balaban J connectivity index is 2.01. The third-order valence-electron chi connectivity index (χ3n) is 2.56. The van der Waals surface area contributed by atoms with E-state index in [-0.39, 0.29) is 5.56 Å². The zero-order valence-electron chi connectivity index (χ0n) is 10.0. The summed E-state index contributed by atoms with van der Waals surface area (Å²) in [4.78, 5) is 20.1. The summed E-state index contributed by atoms with van der Waals surface area (Å²) in [5.74, 6) is 0. The van der Waals surface area contributed by atoms with Gasteiger partial charge in [-0.1, -0.05) is 0 Å². The molecule has 1 aromatic carbocycles. The monoisotopic (exact) mass is 274 g/mol. The molecule has 0 aliphatic carbocycles. The standard InChI is InChI=1S/C12H10N4O2S/c1-16-5-4-14-10(11(16)17)19-12-15-8-6-7(13)2-3-9(8)18-12/h2-6H,13H2,1H3. The summed E-state index contributed by atoms with van der Waals surface area (Å²) in [6, 6.07) is 5.21. The molecule has 2 aromatic heterocycles. The predicted molar refractivity (Wildman–Crippen MR) is 72.0 cm³/mol. The molecule has 0 bridgehead atoms. The molecule has 0 saturated carbocycles. The highest BCUT2D eigenvalue weighted by atomic mass is 32.2. The highest BCUT2D eigenvalue weighted by molar-refractivity contribution is 7.99. The van der Waals surface area contributed by atoms with Gasteiger partial charge in [-0.15, -0.1) is 0 Å². The molecule has 0 unspecified atom stereocenters.